The van der Waals surface area contributed by atoms with Crippen molar-refractivity contribution in [2.75, 3.05) is 5.75 Å². The van der Waals surface area contributed by atoms with Crippen molar-refractivity contribution < 1.29 is 19.1 Å². The van der Waals surface area contributed by atoms with Gasteiger partial charge in [0.05, 0.1) is 4.47 Å². The van der Waals surface area contributed by atoms with Gasteiger partial charge in [0, 0.05) is 5.75 Å². The molecule has 2 N–H and O–H groups in total. The van der Waals surface area contributed by atoms with Crippen LogP contribution < -0.4 is 5.32 Å². The Balaban J connectivity index is 2.40. The number of carboxylic acid groups (broad SMARTS) is 1. The Kier molecular flexibility index (Phi) is 6.86. The van der Waals surface area contributed by atoms with Gasteiger partial charge in [-0.05, 0) is 39.7 Å². The highest BCUT2D eigenvalue weighted by molar-refractivity contribution is 9.10. The van der Waals surface area contributed by atoms with Gasteiger partial charge in [-0.1, -0.05) is 12.1 Å². The summed E-state index contributed by atoms with van der Waals surface area (Å²) in [4.78, 5) is 21.0. The average molecular weight is 350 g/mol. The molecule has 0 bridgehead atoms. The number of aliphatic carboxylic acids is 1. The van der Waals surface area contributed by atoms with E-state index in [9.17, 15) is 14.0 Å². The van der Waals surface area contributed by atoms with E-state index in [1.165, 1.54) is 17.8 Å². The number of carboxylic acids is 1. The predicted molar refractivity (Wildman–Crippen MR) is 75.5 cm³/mol. The van der Waals surface area contributed by atoms with Crippen molar-refractivity contribution in [1.29, 1.82) is 0 Å². The van der Waals surface area contributed by atoms with Crippen molar-refractivity contribution in [3.8, 4) is 0 Å². The van der Waals surface area contributed by atoms with Gasteiger partial charge < -0.3 is 10.4 Å². The molecule has 104 valence electrons. The monoisotopic (exact) mass is 349 g/mol. The Morgan fingerprint density at radius 1 is 1.58 bits per heavy atom. The molecule has 0 radical (unpaired) electrons. The minimum absolute atomic E-state index is 0.316. The summed E-state index contributed by atoms with van der Waals surface area (Å²) < 4.78 is 13.7. The Bertz CT molecular complexity index is 459. The molecule has 7 heteroatoms. The van der Waals surface area contributed by atoms with Crippen LogP contribution >= 0.6 is 27.7 Å². The fourth-order valence-electron chi connectivity index (χ4n) is 1.40. The average Bonchev–Trinajstić information content (AvgIpc) is 2.37. The first-order valence-electron chi connectivity index (χ1n) is 5.49. The van der Waals surface area contributed by atoms with Crippen LogP contribution in [-0.4, -0.2) is 29.3 Å². The molecule has 19 heavy (non-hydrogen) atoms. The van der Waals surface area contributed by atoms with Crippen molar-refractivity contribution in [2.24, 2.45) is 0 Å². The first-order chi connectivity index (χ1) is 9.06. The summed E-state index contributed by atoms with van der Waals surface area (Å²) in [5.41, 5.74) is 0.820. The highest BCUT2D eigenvalue weighted by Gasteiger charge is 2.15. The number of hydrogen-bond acceptors (Lipinski definition) is 3. The minimum atomic E-state index is -1.06. The number of halogens is 2. The van der Waals surface area contributed by atoms with E-state index in [1.807, 2.05) is 0 Å². The highest BCUT2D eigenvalue weighted by atomic mass is 79.9. The van der Waals surface area contributed by atoms with Crippen LogP contribution in [0.3, 0.4) is 0 Å². The van der Waals surface area contributed by atoms with Crippen LogP contribution in [0.4, 0.5) is 4.39 Å². The molecule has 0 spiro atoms. The first-order valence-corrected chi connectivity index (χ1v) is 7.44. The van der Waals surface area contributed by atoms with Crippen LogP contribution in [0, 0.1) is 5.82 Å². The van der Waals surface area contributed by atoms with Gasteiger partial charge >= 0.3 is 5.97 Å². The van der Waals surface area contributed by atoms with Crippen molar-refractivity contribution in [3.05, 3.63) is 34.1 Å². The number of nitrogens with one attached hydrogen (secondary N) is 1. The fraction of sp³-hybridized carbons (Fsp3) is 0.333. The number of thioether (sulfide) groups is 1. The Morgan fingerprint density at radius 2 is 2.32 bits per heavy atom. The Morgan fingerprint density at radius 3 is 2.95 bits per heavy atom. The highest BCUT2D eigenvalue weighted by Crippen LogP contribution is 2.24. The minimum Gasteiger partial charge on any atom is -0.480 e. The molecule has 1 rings (SSSR count). The number of benzene rings is 1. The summed E-state index contributed by atoms with van der Waals surface area (Å²) in [6, 6.07) is 3.93. The molecule has 1 amide bonds. The number of hydrogen-bond donors (Lipinski definition) is 2. The van der Waals surface area contributed by atoms with E-state index < -0.39 is 12.0 Å². The maximum absolute atomic E-state index is 13.2. The second kappa shape index (κ2) is 8.16. The van der Waals surface area contributed by atoms with Crippen LogP contribution in [0.15, 0.2) is 22.7 Å². The smallest absolute Gasteiger partial charge is 0.326 e. The third-order valence-electron chi connectivity index (χ3n) is 2.41. The molecule has 0 heterocycles. The maximum atomic E-state index is 13.2. The van der Waals surface area contributed by atoms with Gasteiger partial charge in [0.1, 0.15) is 11.9 Å². The fourth-order valence-corrected chi connectivity index (χ4v) is 3.00. The lowest BCUT2D eigenvalue weighted by molar-refractivity contribution is -0.140. The first kappa shape index (κ1) is 16.0. The summed E-state index contributed by atoms with van der Waals surface area (Å²) in [7, 11) is 0. The molecule has 0 saturated heterocycles. The largest absolute Gasteiger partial charge is 0.480 e. The van der Waals surface area contributed by atoms with Crippen molar-refractivity contribution >= 4 is 40.1 Å². The van der Waals surface area contributed by atoms with Gasteiger partial charge in [-0.15, -0.1) is 0 Å². The Labute approximate surface area is 122 Å². The third-order valence-corrected chi connectivity index (χ3v) is 4.33. The summed E-state index contributed by atoms with van der Waals surface area (Å²) in [6.07, 6.45) is 0.707. The number of carbonyl (C=O) groups is 2. The molecule has 4 nitrogen and oxygen atoms in total. The van der Waals surface area contributed by atoms with E-state index >= 15 is 0 Å². The lowest BCUT2D eigenvalue weighted by atomic mass is 10.2. The van der Waals surface area contributed by atoms with E-state index in [1.54, 1.807) is 12.1 Å². The molecule has 1 unspecified atom stereocenters. The SMILES string of the molecule is O=CNC(CCSCc1cccc(F)c1Br)C(=O)O. The van der Waals surface area contributed by atoms with Crippen LogP contribution in [0.1, 0.15) is 12.0 Å². The van der Waals surface area contributed by atoms with E-state index in [0.717, 1.165) is 5.56 Å². The normalized spacial score (nSPS) is 11.9. The molecule has 1 aromatic carbocycles. The standard InChI is InChI=1S/C12H13BrFNO3S/c13-11-8(2-1-3-9(11)14)6-19-5-4-10(12(17)18)15-7-16/h1-3,7,10H,4-6H2,(H,15,16)(H,17,18). The van der Waals surface area contributed by atoms with Crippen LogP contribution in [0.5, 0.6) is 0 Å². The number of amides is 1. The molecule has 0 aliphatic rings. The van der Waals surface area contributed by atoms with Gasteiger partial charge in [0.15, 0.2) is 0 Å². The summed E-state index contributed by atoms with van der Waals surface area (Å²) in [5.74, 6) is -0.240. The zero-order chi connectivity index (χ0) is 14.3. The molecule has 1 atom stereocenters. The molecule has 0 fully saturated rings. The molecule has 0 aromatic heterocycles. The molecule has 0 aliphatic carbocycles. The van der Waals surface area contributed by atoms with Gasteiger partial charge in [-0.2, -0.15) is 11.8 Å². The Hall–Kier alpha value is -1.08. The number of carbonyl (C=O) groups excluding carboxylic acids is 1. The zero-order valence-corrected chi connectivity index (χ0v) is 12.3. The molecular weight excluding hydrogens is 337 g/mol. The molecule has 0 saturated carbocycles. The van der Waals surface area contributed by atoms with E-state index in [4.69, 9.17) is 5.11 Å². The van der Waals surface area contributed by atoms with Crippen LogP contribution in [0.25, 0.3) is 0 Å². The van der Waals surface area contributed by atoms with E-state index in [2.05, 4.69) is 21.2 Å². The zero-order valence-electron chi connectivity index (χ0n) is 9.94. The molecule has 1 aromatic rings. The summed E-state index contributed by atoms with van der Waals surface area (Å²) in [6.45, 7) is 0. The van der Waals surface area contributed by atoms with Crippen molar-refractivity contribution in [1.82, 2.24) is 5.32 Å². The van der Waals surface area contributed by atoms with Gasteiger partial charge in [-0.3, -0.25) is 4.79 Å². The second-order valence-electron chi connectivity index (χ2n) is 3.73. The summed E-state index contributed by atoms with van der Waals surface area (Å²) in [5, 5.41) is 11.1. The quantitative estimate of drug-likeness (QED) is 0.558. The number of rotatable bonds is 8. The second-order valence-corrected chi connectivity index (χ2v) is 5.63. The lowest BCUT2D eigenvalue weighted by Gasteiger charge is -2.10. The van der Waals surface area contributed by atoms with Crippen LogP contribution in [0.2, 0.25) is 0 Å². The summed E-state index contributed by atoms with van der Waals surface area (Å²) >= 11 is 4.65. The topological polar surface area (TPSA) is 66.4 Å². The van der Waals surface area contributed by atoms with Crippen LogP contribution in [-0.2, 0) is 15.3 Å². The van der Waals surface area contributed by atoms with Gasteiger partial charge in [0.25, 0.3) is 0 Å². The van der Waals surface area contributed by atoms with Crippen molar-refractivity contribution in [3.63, 3.8) is 0 Å². The lowest BCUT2D eigenvalue weighted by Crippen LogP contribution is -2.36. The van der Waals surface area contributed by atoms with Gasteiger partial charge in [-0.25, -0.2) is 9.18 Å². The maximum Gasteiger partial charge on any atom is 0.326 e. The van der Waals surface area contributed by atoms with E-state index in [0.29, 0.717) is 28.8 Å². The molecule has 0 aliphatic heterocycles. The molecular formula is C12H13BrFNO3S. The van der Waals surface area contributed by atoms with Crippen molar-refractivity contribution in [2.45, 2.75) is 18.2 Å². The third kappa shape index (κ3) is 5.20. The van der Waals surface area contributed by atoms with E-state index in [-0.39, 0.29) is 5.82 Å². The predicted octanol–water partition coefficient (Wildman–Crippen LogP) is 2.41. The van der Waals surface area contributed by atoms with Gasteiger partial charge in [0.2, 0.25) is 6.41 Å².